The van der Waals surface area contributed by atoms with Crippen molar-refractivity contribution in [1.82, 2.24) is 9.80 Å². The first-order valence-electron chi connectivity index (χ1n) is 8.16. The fourth-order valence-corrected chi connectivity index (χ4v) is 3.11. The molecule has 0 unspecified atom stereocenters. The summed E-state index contributed by atoms with van der Waals surface area (Å²) < 4.78 is 37.5. The van der Waals surface area contributed by atoms with Crippen molar-refractivity contribution < 1.29 is 17.6 Å². The number of hydrogen-bond acceptors (Lipinski definition) is 4. The molecule has 0 spiro atoms. The minimum Gasteiger partial charge on any atom is -0.333 e. The van der Waals surface area contributed by atoms with Gasteiger partial charge in [0.1, 0.15) is 5.82 Å². The number of benzene rings is 2. The number of amides is 1. The fraction of sp³-hybridized carbons (Fsp3) is 0.316. The van der Waals surface area contributed by atoms with E-state index < -0.39 is 9.84 Å². The van der Waals surface area contributed by atoms with Gasteiger partial charge in [-0.1, -0.05) is 24.3 Å². The van der Waals surface area contributed by atoms with Crippen LogP contribution in [0.3, 0.4) is 0 Å². The highest BCUT2D eigenvalue weighted by Crippen LogP contribution is 2.16. The van der Waals surface area contributed by atoms with E-state index in [-0.39, 0.29) is 28.7 Å². The second-order valence-corrected chi connectivity index (χ2v) is 8.44. The van der Waals surface area contributed by atoms with E-state index in [9.17, 15) is 17.6 Å². The van der Waals surface area contributed by atoms with Crippen LogP contribution in [0.2, 0.25) is 0 Å². The van der Waals surface area contributed by atoms with Crippen molar-refractivity contribution in [3.63, 3.8) is 0 Å². The molecule has 2 aromatic rings. The van der Waals surface area contributed by atoms with Crippen molar-refractivity contribution in [3.8, 4) is 0 Å². The fourth-order valence-electron chi connectivity index (χ4n) is 2.45. The Bertz CT molecular complexity index is 882. The van der Waals surface area contributed by atoms with Crippen LogP contribution in [-0.2, 0) is 16.4 Å². The number of likely N-dealkylation sites (N-methyl/N-ethyl adjacent to an activating group) is 1. The Morgan fingerprint density at radius 3 is 2.35 bits per heavy atom. The van der Waals surface area contributed by atoms with Crippen LogP contribution in [0.15, 0.2) is 53.4 Å². The number of rotatable bonds is 7. The lowest BCUT2D eigenvalue weighted by Gasteiger charge is -2.25. The first kappa shape index (κ1) is 20.1. The molecule has 0 saturated carbocycles. The molecular formula is C19H23FN2O3S. The highest BCUT2D eigenvalue weighted by Gasteiger charge is 2.19. The molecule has 0 saturated heterocycles. The molecule has 7 heteroatoms. The van der Waals surface area contributed by atoms with Gasteiger partial charge in [-0.25, -0.2) is 12.8 Å². The first-order chi connectivity index (χ1) is 12.2. The van der Waals surface area contributed by atoms with Crippen molar-refractivity contribution in [2.24, 2.45) is 0 Å². The zero-order valence-corrected chi connectivity index (χ0v) is 16.0. The molecule has 2 aromatic carbocycles. The van der Waals surface area contributed by atoms with Crippen LogP contribution in [-0.4, -0.2) is 57.6 Å². The number of sulfone groups is 1. The monoisotopic (exact) mass is 378 g/mol. The second-order valence-electron chi connectivity index (χ2n) is 6.42. The van der Waals surface area contributed by atoms with E-state index in [1.807, 2.05) is 19.0 Å². The van der Waals surface area contributed by atoms with Crippen LogP contribution in [0.5, 0.6) is 0 Å². The molecule has 5 nitrogen and oxygen atoms in total. The average Bonchev–Trinajstić information content (AvgIpc) is 2.58. The van der Waals surface area contributed by atoms with Gasteiger partial charge < -0.3 is 9.80 Å². The number of hydrogen-bond donors (Lipinski definition) is 0. The quantitative estimate of drug-likeness (QED) is 0.743. The van der Waals surface area contributed by atoms with E-state index in [0.717, 1.165) is 6.26 Å². The maximum Gasteiger partial charge on any atom is 0.254 e. The van der Waals surface area contributed by atoms with E-state index in [0.29, 0.717) is 18.7 Å². The predicted octanol–water partition coefficient (Wildman–Crippen LogP) is 2.43. The molecule has 0 aliphatic rings. The molecule has 0 bridgehead atoms. The van der Waals surface area contributed by atoms with Gasteiger partial charge >= 0.3 is 0 Å². The van der Waals surface area contributed by atoms with Crippen LogP contribution in [0.1, 0.15) is 15.9 Å². The summed E-state index contributed by atoms with van der Waals surface area (Å²) in [6.45, 7) is 1.11. The number of carbonyl (C=O) groups is 1. The molecule has 1 amide bonds. The largest absolute Gasteiger partial charge is 0.333 e. The summed E-state index contributed by atoms with van der Waals surface area (Å²) >= 11 is 0. The van der Waals surface area contributed by atoms with Gasteiger partial charge in [-0.05, 0) is 38.4 Å². The van der Waals surface area contributed by atoms with E-state index in [4.69, 9.17) is 0 Å². The van der Waals surface area contributed by atoms with Gasteiger partial charge in [0.15, 0.2) is 9.84 Å². The molecule has 0 aliphatic carbocycles. The summed E-state index contributed by atoms with van der Waals surface area (Å²) in [4.78, 5) is 16.5. The molecule has 0 aromatic heterocycles. The maximum atomic E-state index is 14.0. The topological polar surface area (TPSA) is 57.7 Å². The van der Waals surface area contributed by atoms with Gasteiger partial charge in [0.25, 0.3) is 5.91 Å². The Hall–Kier alpha value is -2.25. The van der Waals surface area contributed by atoms with Crippen LogP contribution in [0.4, 0.5) is 4.39 Å². The molecular weight excluding hydrogens is 355 g/mol. The second kappa shape index (κ2) is 8.42. The van der Waals surface area contributed by atoms with Gasteiger partial charge in [0, 0.05) is 37.0 Å². The minimum atomic E-state index is -3.41. The van der Waals surface area contributed by atoms with E-state index in [1.165, 1.54) is 29.2 Å². The summed E-state index contributed by atoms with van der Waals surface area (Å²) in [7, 11) is 0.355. The molecule has 0 atom stereocenters. The lowest BCUT2D eigenvalue weighted by molar-refractivity contribution is 0.0730. The van der Waals surface area contributed by atoms with Crippen LogP contribution in [0.25, 0.3) is 0 Å². The third-order valence-electron chi connectivity index (χ3n) is 3.93. The van der Waals surface area contributed by atoms with Gasteiger partial charge in [0.2, 0.25) is 0 Å². The van der Waals surface area contributed by atoms with Crippen molar-refractivity contribution in [2.45, 2.75) is 11.4 Å². The van der Waals surface area contributed by atoms with Crippen molar-refractivity contribution in [1.29, 1.82) is 0 Å². The zero-order chi connectivity index (χ0) is 19.3. The van der Waals surface area contributed by atoms with E-state index >= 15 is 0 Å². The van der Waals surface area contributed by atoms with Crippen molar-refractivity contribution in [2.75, 3.05) is 33.4 Å². The first-order valence-corrected chi connectivity index (χ1v) is 10.0. The van der Waals surface area contributed by atoms with Crippen molar-refractivity contribution in [3.05, 3.63) is 65.5 Å². The highest BCUT2D eigenvalue weighted by molar-refractivity contribution is 7.90. The minimum absolute atomic E-state index is 0.0850. The molecule has 0 aliphatic heterocycles. The normalized spacial score (nSPS) is 11.6. The van der Waals surface area contributed by atoms with Crippen LogP contribution < -0.4 is 0 Å². The van der Waals surface area contributed by atoms with Gasteiger partial charge in [-0.15, -0.1) is 0 Å². The number of halogens is 1. The summed E-state index contributed by atoms with van der Waals surface area (Å²) in [6.07, 6.45) is 1.10. The predicted molar refractivity (Wildman–Crippen MR) is 99.2 cm³/mol. The highest BCUT2D eigenvalue weighted by atomic mass is 32.2. The molecule has 0 N–H and O–H groups in total. The Morgan fingerprint density at radius 2 is 1.73 bits per heavy atom. The average molecular weight is 378 g/mol. The van der Waals surface area contributed by atoms with Crippen LogP contribution in [0, 0.1) is 5.82 Å². The molecule has 26 heavy (non-hydrogen) atoms. The SMILES string of the molecule is CN(C)CCN(Cc1ccccc1F)C(=O)c1cccc(S(C)(=O)=O)c1. The summed E-state index contributed by atoms with van der Waals surface area (Å²) in [5.74, 6) is -0.708. The Morgan fingerprint density at radius 1 is 1.04 bits per heavy atom. The lowest BCUT2D eigenvalue weighted by atomic mass is 10.1. The van der Waals surface area contributed by atoms with Crippen molar-refractivity contribution >= 4 is 15.7 Å². The van der Waals surface area contributed by atoms with Crippen LogP contribution >= 0.6 is 0 Å². The maximum absolute atomic E-state index is 14.0. The standard InChI is InChI=1S/C19H23FN2O3S/c1-21(2)11-12-22(14-16-7-4-5-10-18(16)20)19(23)15-8-6-9-17(13-15)26(3,24)25/h4-10,13H,11-12,14H2,1-3H3. The Balaban J connectivity index is 2.32. The molecule has 0 heterocycles. The Labute approximate surface area is 154 Å². The molecule has 2 rings (SSSR count). The smallest absolute Gasteiger partial charge is 0.254 e. The molecule has 140 valence electrons. The Kier molecular flexibility index (Phi) is 6.50. The summed E-state index contributed by atoms with van der Waals surface area (Å²) in [5.41, 5.74) is 0.682. The summed E-state index contributed by atoms with van der Waals surface area (Å²) in [6, 6.07) is 12.2. The van der Waals surface area contributed by atoms with Gasteiger partial charge in [0.05, 0.1) is 4.90 Å². The zero-order valence-electron chi connectivity index (χ0n) is 15.1. The summed E-state index contributed by atoms with van der Waals surface area (Å²) in [5, 5.41) is 0. The van der Waals surface area contributed by atoms with E-state index in [1.54, 1.807) is 24.3 Å². The number of nitrogens with zero attached hydrogens (tertiary/aromatic N) is 2. The van der Waals surface area contributed by atoms with E-state index in [2.05, 4.69) is 0 Å². The third-order valence-corrected chi connectivity index (χ3v) is 5.04. The molecule has 0 radical (unpaired) electrons. The molecule has 0 fully saturated rings. The third kappa shape index (κ3) is 5.37. The van der Waals surface area contributed by atoms with Gasteiger partial charge in [-0.2, -0.15) is 0 Å². The van der Waals surface area contributed by atoms with Gasteiger partial charge in [-0.3, -0.25) is 4.79 Å². The lowest BCUT2D eigenvalue weighted by Crippen LogP contribution is -2.36. The number of carbonyl (C=O) groups excluding carboxylic acids is 1.